The summed E-state index contributed by atoms with van der Waals surface area (Å²) in [7, 11) is 0. The Morgan fingerprint density at radius 1 is 1.25 bits per heavy atom. The smallest absolute Gasteiger partial charge is 0.307 e. The number of Topliss-reactive ketones (excluding diaryl/α,β-unsaturated/α-hetero) is 1. The van der Waals surface area contributed by atoms with Gasteiger partial charge < -0.3 is 5.11 Å². The molecule has 0 fully saturated rings. The van der Waals surface area contributed by atoms with Gasteiger partial charge in [-0.05, 0) is 12.0 Å². The molecule has 0 aliphatic heterocycles. The van der Waals surface area contributed by atoms with Gasteiger partial charge in [0, 0.05) is 6.42 Å². The van der Waals surface area contributed by atoms with E-state index in [0.717, 1.165) is 5.56 Å². The highest BCUT2D eigenvalue weighted by Gasteiger charge is 2.20. The van der Waals surface area contributed by atoms with E-state index < -0.39 is 11.9 Å². The maximum atomic E-state index is 11.2. The molecule has 1 atom stereocenters. The van der Waals surface area contributed by atoms with Crippen molar-refractivity contribution in [1.29, 1.82) is 0 Å². The molecule has 1 aromatic carbocycles. The number of ketones is 1. The molecule has 1 aromatic rings. The van der Waals surface area contributed by atoms with Crippen LogP contribution in [0.2, 0.25) is 0 Å². The molecule has 0 saturated carbocycles. The van der Waals surface area contributed by atoms with Crippen molar-refractivity contribution in [3.63, 3.8) is 0 Å². The first kappa shape index (κ1) is 12.9. The first-order chi connectivity index (χ1) is 7.63. The first-order valence-corrected chi connectivity index (χ1v) is 6.10. The minimum Gasteiger partial charge on any atom is -0.481 e. The van der Waals surface area contributed by atoms with Gasteiger partial charge in [-0.3, -0.25) is 9.59 Å². The largest absolute Gasteiger partial charge is 0.481 e. The third-order valence-electron chi connectivity index (χ3n) is 2.30. The van der Waals surface area contributed by atoms with Gasteiger partial charge in [0.1, 0.15) is 5.78 Å². The molecule has 0 bridgehead atoms. The minimum atomic E-state index is -0.918. The highest BCUT2D eigenvalue weighted by molar-refractivity contribution is 9.09. The standard InChI is InChI=1S/C12H13BrO3/c13-8-11(14)7-10(12(15)16)6-9-4-2-1-3-5-9/h1-5,10H,6-8H2,(H,15,16). The van der Waals surface area contributed by atoms with Crippen LogP contribution in [0.1, 0.15) is 12.0 Å². The number of benzene rings is 1. The number of carbonyl (C=O) groups excluding carboxylic acids is 1. The van der Waals surface area contributed by atoms with Crippen LogP contribution >= 0.6 is 15.9 Å². The maximum Gasteiger partial charge on any atom is 0.307 e. The third-order valence-corrected chi connectivity index (χ3v) is 2.92. The van der Waals surface area contributed by atoms with Crippen molar-refractivity contribution in [3.05, 3.63) is 35.9 Å². The van der Waals surface area contributed by atoms with Gasteiger partial charge in [-0.25, -0.2) is 0 Å². The Balaban J connectivity index is 2.65. The number of hydrogen-bond acceptors (Lipinski definition) is 2. The van der Waals surface area contributed by atoms with Gasteiger partial charge in [0.25, 0.3) is 0 Å². The zero-order chi connectivity index (χ0) is 12.0. The molecule has 0 saturated heterocycles. The lowest BCUT2D eigenvalue weighted by molar-refractivity contribution is -0.143. The van der Waals surface area contributed by atoms with Gasteiger partial charge in [0.15, 0.2) is 0 Å². The molecule has 16 heavy (non-hydrogen) atoms. The van der Waals surface area contributed by atoms with Crippen LogP contribution in [0.4, 0.5) is 0 Å². The highest BCUT2D eigenvalue weighted by Crippen LogP contribution is 2.13. The summed E-state index contributed by atoms with van der Waals surface area (Å²) in [5.41, 5.74) is 0.942. The second kappa shape index (κ2) is 6.43. The lowest BCUT2D eigenvalue weighted by Crippen LogP contribution is -2.20. The van der Waals surface area contributed by atoms with Crippen molar-refractivity contribution in [2.24, 2.45) is 5.92 Å². The molecule has 0 aromatic heterocycles. The number of rotatable bonds is 6. The maximum absolute atomic E-state index is 11.2. The summed E-state index contributed by atoms with van der Waals surface area (Å²) >= 11 is 3.04. The van der Waals surface area contributed by atoms with Gasteiger partial charge in [0.05, 0.1) is 11.2 Å². The fraction of sp³-hybridized carbons (Fsp3) is 0.333. The van der Waals surface area contributed by atoms with Gasteiger partial charge in [-0.15, -0.1) is 0 Å². The zero-order valence-corrected chi connectivity index (χ0v) is 10.3. The van der Waals surface area contributed by atoms with Crippen molar-refractivity contribution in [3.8, 4) is 0 Å². The second-order valence-electron chi connectivity index (χ2n) is 3.60. The Morgan fingerprint density at radius 2 is 1.88 bits per heavy atom. The Labute approximate surface area is 103 Å². The van der Waals surface area contributed by atoms with Gasteiger partial charge in [-0.2, -0.15) is 0 Å². The lowest BCUT2D eigenvalue weighted by Gasteiger charge is -2.10. The molecule has 0 heterocycles. The van der Waals surface area contributed by atoms with E-state index in [2.05, 4.69) is 15.9 Å². The summed E-state index contributed by atoms with van der Waals surface area (Å²) in [4.78, 5) is 22.2. The molecule has 86 valence electrons. The Bertz CT molecular complexity index is 362. The summed E-state index contributed by atoms with van der Waals surface area (Å²) in [6.45, 7) is 0. The summed E-state index contributed by atoms with van der Waals surface area (Å²) in [6.07, 6.45) is 0.477. The summed E-state index contributed by atoms with van der Waals surface area (Å²) in [6, 6.07) is 9.34. The Morgan fingerprint density at radius 3 is 2.38 bits per heavy atom. The van der Waals surface area contributed by atoms with Crippen LogP contribution < -0.4 is 0 Å². The van der Waals surface area contributed by atoms with Crippen LogP contribution in [0.15, 0.2) is 30.3 Å². The van der Waals surface area contributed by atoms with Crippen molar-refractivity contribution < 1.29 is 14.7 Å². The molecule has 4 heteroatoms. The number of carboxylic acids is 1. The number of hydrogen-bond donors (Lipinski definition) is 1. The number of aliphatic carboxylic acids is 1. The molecule has 0 spiro atoms. The van der Waals surface area contributed by atoms with Gasteiger partial charge >= 0.3 is 5.97 Å². The quantitative estimate of drug-likeness (QED) is 0.816. The van der Waals surface area contributed by atoms with E-state index in [9.17, 15) is 9.59 Å². The van der Waals surface area contributed by atoms with E-state index in [0.29, 0.717) is 6.42 Å². The van der Waals surface area contributed by atoms with Gasteiger partial charge in [0.2, 0.25) is 0 Å². The SMILES string of the molecule is O=C(CBr)CC(Cc1ccccc1)C(=O)O. The van der Waals surface area contributed by atoms with Crippen molar-refractivity contribution in [1.82, 2.24) is 0 Å². The molecule has 0 amide bonds. The van der Waals surface area contributed by atoms with Crippen LogP contribution in [-0.2, 0) is 16.0 Å². The predicted molar refractivity (Wildman–Crippen MR) is 64.7 cm³/mol. The molecular formula is C12H13BrO3. The van der Waals surface area contributed by atoms with Crippen molar-refractivity contribution in [2.45, 2.75) is 12.8 Å². The zero-order valence-electron chi connectivity index (χ0n) is 8.73. The number of halogens is 1. The molecule has 1 N–H and O–H groups in total. The Kier molecular flexibility index (Phi) is 5.19. The molecule has 0 aliphatic carbocycles. The first-order valence-electron chi connectivity index (χ1n) is 4.98. The van der Waals surface area contributed by atoms with Crippen LogP contribution in [-0.4, -0.2) is 22.2 Å². The normalized spacial score (nSPS) is 12.1. The van der Waals surface area contributed by atoms with E-state index in [-0.39, 0.29) is 17.5 Å². The molecule has 1 unspecified atom stereocenters. The fourth-order valence-corrected chi connectivity index (χ4v) is 1.70. The summed E-state index contributed by atoms with van der Waals surface area (Å²) in [5.74, 6) is -1.63. The Hall–Kier alpha value is -1.16. The van der Waals surface area contributed by atoms with E-state index in [4.69, 9.17) is 5.11 Å². The summed E-state index contributed by atoms with van der Waals surface area (Å²) in [5, 5.41) is 9.23. The topological polar surface area (TPSA) is 54.4 Å². The lowest BCUT2D eigenvalue weighted by atomic mass is 9.95. The molecule has 1 rings (SSSR count). The van der Waals surface area contributed by atoms with Crippen molar-refractivity contribution in [2.75, 3.05) is 5.33 Å². The molecule has 0 aliphatic rings. The van der Waals surface area contributed by atoms with Crippen molar-refractivity contribution >= 4 is 27.7 Å². The average Bonchev–Trinajstić information content (AvgIpc) is 2.29. The second-order valence-corrected chi connectivity index (χ2v) is 4.16. The third kappa shape index (κ3) is 4.14. The minimum absolute atomic E-state index is 0.0788. The number of alkyl halides is 1. The van der Waals surface area contributed by atoms with Gasteiger partial charge in [-0.1, -0.05) is 46.3 Å². The summed E-state index contributed by atoms with van der Waals surface area (Å²) < 4.78 is 0. The number of carboxylic acid groups (broad SMARTS) is 1. The monoisotopic (exact) mass is 284 g/mol. The van der Waals surface area contributed by atoms with E-state index >= 15 is 0 Å². The fourth-order valence-electron chi connectivity index (χ4n) is 1.47. The van der Waals surface area contributed by atoms with Crippen LogP contribution in [0, 0.1) is 5.92 Å². The van der Waals surface area contributed by atoms with E-state index in [1.807, 2.05) is 30.3 Å². The molecule has 0 radical (unpaired) electrons. The van der Waals surface area contributed by atoms with E-state index in [1.165, 1.54) is 0 Å². The number of carbonyl (C=O) groups is 2. The molecule has 3 nitrogen and oxygen atoms in total. The van der Waals surface area contributed by atoms with Crippen LogP contribution in [0.3, 0.4) is 0 Å². The highest BCUT2D eigenvalue weighted by atomic mass is 79.9. The van der Waals surface area contributed by atoms with E-state index in [1.54, 1.807) is 0 Å². The average molecular weight is 285 g/mol. The predicted octanol–water partition coefficient (Wildman–Crippen LogP) is 2.28. The van der Waals surface area contributed by atoms with Crippen LogP contribution in [0.5, 0.6) is 0 Å². The molecular weight excluding hydrogens is 272 g/mol. The van der Waals surface area contributed by atoms with Crippen LogP contribution in [0.25, 0.3) is 0 Å².